The molecule has 3 aromatic rings. The second-order valence-electron chi connectivity index (χ2n) is 6.07. The van der Waals surface area contributed by atoms with Crippen LogP contribution in [-0.2, 0) is 12.8 Å². The van der Waals surface area contributed by atoms with Crippen molar-refractivity contribution in [3.05, 3.63) is 43.5 Å². The third-order valence-electron chi connectivity index (χ3n) is 3.81. The SMILES string of the molecule is CCNC(=NCCc1ncc(C)s1)NCCc1ccc(-c2csc(C)n2)s1.I. The molecule has 28 heavy (non-hydrogen) atoms. The van der Waals surface area contributed by atoms with Crippen LogP contribution in [0.15, 0.2) is 28.7 Å². The summed E-state index contributed by atoms with van der Waals surface area (Å²) in [5.74, 6) is 0.873. The minimum atomic E-state index is 0. The average Bonchev–Trinajstić information content (AvgIpc) is 3.36. The third kappa shape index (κ3) is 7.09. The van der Waals surface area contributed by atoms with E-state index in [9.17, 15) is 0 Å². The molecule has 0 unspecified atom stereocenters. The first-order valence-electron chi connectivity index (χ1n) is 9.08. The Morgan fingerprint density at radius 1 is 1.14 bits per heavy atom. The van der Waals surface area contributed by atoms with Crippen LogP contribution in [0.1, 0.15) is 26.7 Å². The maximum atomic E-state index is 4.66. The highest BCUT2D eigenvalue weighted by Gasteiger charge is 2.06. The van der Waals surface area contributed by atoms with Gasteiger partial charge in [-0.3, -0.25) is 4.99 Å². The minimum absolute atomic E-state index is 0. The van der Waals surface area contributed by atoms with Crippen molar-refractivity contribution in [1.29, 1.82) is 0 Å². The molecule has 0 aromatic carbocycles. The number of aliphatic imine (C=N–C) groups is 1. The molecule has 0 spiro atoms. The predicted octanol–water partition coefficient (Wildman–Crippen LogP) is 4.90. The largest absolute Gasteiger partial charge is 0.357 e. The van der Waals surface area contributed by atoms with Gasteiger partial charge in [0.1, 0.15) is 0 Å². The van der Waals surface area contributed by atoms with Crippen molar-refractivity contribution in [2.75, 3.05) is 19.6 Å². The van der Waals surface area contributed by atoms with Gasteiger partial charge >= 0.3 is 0 Å². The summed E-state index contributed by atoms with van der Waals surface area (Å²) >= 11 is 5.26. The van der Waals surface area contributed by atoms with Gasteiger partial charge < -0.3 is 10.6 Å². The molecule has 3 aromatic heterocycles. The second-order valence-corrected chi connectivity index (χ2v) is 9.62. The monoisotopic (exact) mass is 547 g/mol. The number of thiazole rings is 2. The maximum absolute atomic E-state index is 4.66. The number of halogens is 1. The maximum Gasteiger partial charge on any atom is 0.191 e. The normalized spacial score (nSPS) is 11.3. The molecular formula is C19H26IN5S3. The van der Waals surface area contributed by atoms with E-state index in [1.165, 1.54) is 14.6 Å². The Kier molecular flexibility index (Phi) is 9.83. The lowest BCUT2D eigenvalue weighted by Crippen LogP contribution is -2.38. The van der Waals surface area contributed by atoms with Gasteiger partial charge in [0.05, 0.1) is 20.6 Å². The van der Waals surface area contributed by atoms with Crippen molar-refractivity contribution in [3.63, 3.8) is 0 Å². The molecule has 0 atom stereocenters. The number of rotatable bonds is 8. The molecule has 0 aliphatic heterocycles. The van der Waals surface area contributed by atoms with Crippen LogP contribution in [0, 0.1) is 13.8 Å². The van der Waals surface area contributed by atoms with Crippen LogP contribution in [-0.4, -0.2) is 35.6 Å². The first-order valence-corrected chi connectivity index (χ1v) is 11.6. The first kappa shape index (κ1) is 23.2. The number of hydrogen-bond acceptors (Lipinski definition) is 6. The lowest BCUT2D eigenvalue weighted by Gasteiger charge is -2.10. The third-order valence-corrected chi connectivity index (χ3v) is 6.72. The van der Waals surface area contributed by atoms with E-state index in [1.54, 1.807) is 22.7 Å². The van der Waals surface area contributed by atoms with Gasteiger partial charge in [-0.05, 0) is 39.3 Å². The van der Waals surface area contributed by atoms with Crippen LogP contribution >= 0.6 is 58.0 Å². The molecule has 152 valence electrons. The fourth-order valence-electron chi connectivity index (χ4n) is 2.55. The van der Waals surface area contributed by atoms with Crippen LogP contribution in [0.4, 0.5) is 0 Å². The van der Waals surface area contributed by atoms with Crippen molar-refractivity contribution in [3.8, 4) is 10.6 Å². The fraction of sp³-hybridized carbons (Fsp3) is 0.421. The summed E-state index contributed by atoms with van der Waals surface area (Å²) < 4.78 is 0. The highest BCUT2D eigenvalue weighted by Crippen LogP contribution is 2.29. The molecule has 0 saturated carbocycles. The van der Waals surface area contributed by atoms with E-state index in [0.29, 0.717) is 0 Å². The number of nitrogens with one attached hydrogen (secondary N) is 2. The number of aryl methyl sites for hydroxylation is 2. The second kappa shape index (κ2) is 11.8. The molecule has 5 nitrogen and oxygen atoms in total. The van der Waals surface area contributed by atoms with E-state index in [-0.39, 0.29) is 24.0 Å². The molecule has 2 N–H and O–H groups in total. The number of thiophene rings is 1. The molecule has 0 aliphatic carbocycles. The molecule has 0 fully saturated rings. The van der Waals surface area contributed by atoms with Gasteiger partial charge in [0.25, 0.3) is 0 Å². The first-order chi connectivity index (χ1) is 13.1. The van der Waals surface area contributed by atoms with Crippen LogP contribution in [0.25, 0.3) is 10.6 Å². The summed E-state index contributed by atoms with van der Waals surface area (Å²) in [4.78, 5) is 17.5. The Labute approximate surface area is 195 Å². The molecule has 3 rings (SSSR count). The van der Waals surface area contributed by atoms with Gasteiger partial charge in [-0.25, -0.2) is 9.97 Å². The summed E-state index contributed by atoms with van der Waals surface area (Å²) in [6, 6.07) is 4.37. The van der Waals surface area contributed by atoms with E-state index < -0.39 is 0 Å². The summed E-state index contributed by atoms with van der Waals surface area (Å²) in [5.41, 5.74) is 1.09. The van der Waals surface area contributed by atoms with E-state index in [0.717, 1.165) is 54.1 Å². The zero-order valence-electron chi connectivity index (χ0n) is 16.3. The standard InChI is InChI=1S/C19H25N5S3.HI/c1-4-20-19(22-10-8-18-23-11-13(2)26-18)21-9-7-15-5-6-17(27-15)16-12-25-14(3)24-16;/h5-6,11-12H,4,7-10H2,1-3H3,(H2,20,21,22);1H. The van der Waals surface area contributed by atoms with Gasteiger partial charge in [0.15, 0.2) is 5.96 Å². The zero-order chi connectivity index (χ0) is 19.1. The average molecular weight is 548 g/mol. The number of nitrogens with zero attached hydrogens (tertiary/aromatic N) is 3. The van der Waals surface area contributed by atoms with Crippen molar-refractivity contribution in [2.45, 2.75) is 33.6 Å². The molecule has 0 aliphatic rings. The summed E-state index contributed by atoms with van der Waals surface area (Å²) in [6.45, 7) is 8.68. The molecule has 3 heterocycles. The van der Waals surface area contributed by atoms with Crippen molar-refractivity contribution >= 4 is 63.9 Å². The van der Waals surface area contributed by atoms with Crippen molar-refractivity contribution in [2.24, 2.45) is 4.99 Å². The Morgan fingerprint density at radius 3 is 2.68 bits per heavy atom. The Balaban J connectivity index is 0.00000280. The van der Waals surface area contributed by atoms with Crippen LogP contribution in [0.2, 0.25) is 0 Å². The number of hydrogen-bond donors (Lipinski definition) is 2. The van der Waals surface area contributed by atoms with Gasteiger partial charge in [-0.2, -0.15) is 0 Å². The number of guanidine groups is 1. The molecule has 0 bridgehead atoms. The lowest BCUT2D eigenvalue weighted by molar-refractivity contribution is 0.801. The van der Waals surface area contributed by atoms with Gasteiger partial charge in [0.2, 0.25) is 0 Å². The smallest absolute Gasteiger partial charge is 0.191 e. The summed E-state index contributed by atoms with van der Waals surface area (Å²) in [7, 11) is 0. The number of aromatic nitrogens is 2. The Hall–Kier alpha value is -1.04. The van der Waals surface area contributed by atoms with Crippen LogP contribution in [0.3, 0.4) is 0 Å². The van der Waals surface area contributed by atoms with Crippen LogP contribution in [0.5, 0.6) is 0 Å². The Morgan fingerprint density at radius 2 is 2.00 bits per heavy atom. The van der Waals surface area contributed by atoms with E-state index in [4.69, 9.17) is 0 Å². The zero-order valence-corrected chi connectivity index (χ0v) is 21.1. The Bertz CT molecular complexity index is 884. The summed E-state index contributed by atoms with van der Waals surface area (Å²) in [6.07, 6.45) is 3.79. The molecular weight excluding hydrogens is 521 g/mol. The lowest BCUT2D eigenvalue weighted by atomic mass is 10.3. The quantitative estimate of drug-likeness (QED) is 0.239. The van der Waals surface area contributed by atoms with Gasteiger partial charge in [0, 0.05) is 47.4 Å². The minimum Gasteiger partial charge on any atom is -0.357 e. The van der Waals surface area contributed by atoms with E-state index >= 15 is 0 Å². The molecule has 0 radical (unpaired) electrons. The van der Waals surface area contributed by atoms with Crippen LogP contribution < -0.4 is 10.6 Å². The molecule has 0 amide bonds. The molecule has 0 saturated heterocycles. The fourth-order valence-corrected chi connectivity index (χ4v) is 4.98. The summed E-state index contributed by atoms with van der Waals surface area (Å²) in [5, 5.41) is 11.1. The van der Waals surface area contributed by atoms with E-state index in [2.05, 4.69) is 57.0 Å². The van der Waals surface area contributed by atoms with E-state index in [1.807, 2.05) is 24.5 Å². The highest BCUT2D eigenvalue weighted by atomic mass is 127. The van der Waals surface area contributed by atoms with Gasteiger partial charge in [-0.15, -0.1) is 58.0 Å². The topological polar surface area (TPSA) is 62.2 Å². The van der Waals surface area contributed by atoms with Crippen molar-refractivity contribution in [1.82, 2.24) is 20.6 Å². The highest BCUT2D eigenvalue weighted by molar-refractivity contribution is 14.0. The van der Waals surface area contributed by atoms with Crippen molar-refractivity contribution < 1.29 is 0 Å². The molecule has 9 heteroatoms. The predicted molar refractivity (Wildman–Crippen MR) is 134 cm³/mol. The van der Waals surface area contributed by atoms with Gasteiger partial charge in [-0.1, -0.05) is 0 Å².